The number of carbonyl (C=O) groups is 1. The van der Waals surface area contributed by atoms with Gasteiger partial charge in [-0.1, -0.05) is 37.8 Å². The van der Waals surface area contributed by atoms with Crippen LogP contribution in [-0.2, 0) is 9.53 Å². The number of unbranched alkanes of at least 4 members (excludes halogenated alkanes) is 6. The highest BCUT2D eigenvalue weighted by molar-refractivity contribution is 5.68. The van der Waals surface area contributed by atoms with Crippen LogP contribution >= 0.6 is 0 Å². The molecular formula is C13H24O2. The van der Waals surface area contributed by atoms with Crippen molar-refractivity contribution in [1.82, 2.24) is 0 Å². The van der Waals surface area contributed by atoms with Crippen LogP contribution in [0.1, 0.15) is 58.3 Å². The number of esters is 1. The fourth-order valence-electron chi connectivity index (χ4n) is 1.51. The van der Waals surface area contributed by atoms with Crippen molar-refractivity contribution in [3.63, 3.8) is 0 Å². The summed E-state index contributed by atoms with van der Waals surface area (Å²) in [7, 11) is 1.45. The molecule has 0 aliphatic rings. The van der Waals surface area contributed by atoms with E-state index in [9.17, 15) is 4.79 Å². The second kappa shape index (κ2) is 11.3. The molecule has 0 fully saturated rings. The first-order chi connectivity index (χ1) is 7.31. The van der Waals surface area contributed by atoms with E-state index in [0.717, 1.165) is 12.8 Å². The summed E-state index contributed by atoms with van der Waals surface area (Å²) < 4.78 is 4.58. The Bertz CT molecular complexity index is 173. The van der Waals surface area contributed by atoms with E-state index in [1.54, 1.807) is 0 Å². The van der Waals surface area contributed by atoms with E-state index in [-0.39, 0.29) is 5.97 Å². The Balaban J connectivity index is 3.02. The second-order valence-corrected chi connectivity index (χ2v) is 3.81. The molecule has 0 unspecified atom stereocenters. The summed E-state index contributed by atoms with van der Waals surface area (Å²) in [5.41, 5.74) is 0. The predicted octanol–water partition coefficient (Wildman–Crippen LogP) is 3.86. The van der Waals surface area contributed by atoms with Crippen LogP contribution in [0.25, 0.3) is 0 Å². The number of allylic oxidation sites excluding steroid dienone is 2. The van der Waals surface area contributed by atoms with E-state index in [0.29, 0.717) is 6.42 Å². The Kier molecular flexibility index (Phi) is 10.7. The van der Waals surface area contributed by atoms with E-state index < -0.39 is 0 Å². The standard InChI is InChI=1S/C13H24O2/c1-3-4-5-6-7-8-9-10-11-12-13(14)15-2/h3-4H,5-12H2,1-2H3. The van der Waals surface area contributed by atoms with Crippen LogP contribution in [0.5, 0.6) is 0 Å². The lowest BCUT2D eigenvalue weighted by Gasteiger charge is -2.00. The summed E-state index contributed by atoms with van der Waals surface area (Å²) >= 11 is 0. The summed E-state index contributed by atoms with van der Waals surface area (Å²) in [5, 5.41) is 0. The van der Waals surface area contributed by atoms with Crippen LogP contribution in [0.4, 0.5) is 0 Å². The normalized spacial score (nSPS) is 10.8. The Morgan fingerprint density at radius 1 is 1.07 bits per heavy atom. The van der Waals surface area contributed by atoms with Crippen LogP contribution in [0.2, 0.25) is 0 Å². The van der Waals surface area contributed by atoms with Gasteiger partial charge in [0.2, 0.25) is 0 Å². The maximum absolute atomic E-state index is 10.8. The molecular weight excluding hydrogens is 188 g/mol. The van der Waals surface area contributed by atoms with Gasteiger partial charge in [0.25, 0.3) is 0 Å². The molecule has 0 aromatic carbocycles. The van der Waals surface area contributed by atoms with Gasteiger partial charge in [0.1, 0.15) is 0 Å². The van der Waals surface area contributed by atoms with Crippen molar-refractivity contribution in [2.45, 2.75) is 58.3 Å². The van der Waals surface area contributed by atoms with Crippen molar-refractivity contribution in [3.8, 4) is 0 Å². The van der Waals surface area contributed by atoms with E-state index in [2.05, 4.69) is 23.8 Å². The molecule has 0 aliphatic carbocycles. The molecule has 0 aromatic heterocycles. The van der Waals surface area contributed by atoms with Gasteiger partial charge in [0.05, 0.1) is 7.11 Å². The molecule has 0 spiro atoms. The van der Waals surface area contributed by atoms with Gasteiger partial charge in [-0.05, 0) is 26.2 Å². The third kappa shape index (κ3) is 11.1. The molecule has 0 aromatic rings. The van der Waals surface area contributed by atoms with Gasteiger partial charge >= 0.3 is 5.97 Å². The molecule has 0 saturated carbocycles. The fraction of sp³-hybridized carbons (Fsp3) is 0.769. The maximum atomic E-state index is 10.8. The van der Waals surface area contributed by atoms with Crippen LogP contribution in [0.3, 0.4) is 0 Å². The summed E-state index contributed by atoms with van der Waals surface area (Å²) in [6, 6.07) is 0. The number of methoxy groups -OCH3 is 1. The zero-order valence-electron chi connectivity index (χ0n) is 10.1. The molecule has 0 bridgehead atoms. The summed E-state index contributed by atoms with van der Waals surface area (Å²) in [6.07, 6.45) is 13.4. The van der Waals surface area contributed by atoms with Crippen molar-refractivity contribution in [3.05, 3.63) is 12.2 Å². The van der Waals surface area contributed by atoms with Gasteiger partial charge in [-0.25, -0.2) is 0 Å². The monoisotopic (exact) mass is 212 g/mol. The van der Waals surface area contributed by atoms with E-state index >= 15 is 0 Å². The van der Waals surface area contributed by atoms with E-state index in [4.69, 9.17) is 0 Å². The maximum Gasteiger partial charge on any atom is 0.305 e. The Morgan fingerprint density at radius 3 is 2.27 bits per heavy atom. The molecule has 0 rings (SSSR count). The van der Waals surface area contributed by atoms with Crippen LogP contribution < -0.4 is 0 Å². The molecule has 0 radical (unpaired) electrons. The Labute approximate surface area is 93.7 Å². The zero-order chi connectivity index (χ0) is 11.4. The van der Waals surface area contributed by atoms with E-state index in [1.165, 1.54) is 39.2 Å². The number of ether oxygens (including phenoxy) is 1. The highest BCUT2D eigenvalue weighted by Crippen LogP contribution is 2.09. The molecule has 0 atom stereocenters. The van der Waals surface area contributed by atoms with Crippen LogP contribution in [-0.4, -0.2) is 13.1 Å². The van der Waals surface area contributed by atoms with Gasteiger partial charge in [-0.3, -0.25) is 4.79 Å². The van der Waals surface area contributed by atoms with Gasteiger partial charge in [0, 0.05) is 6.42 Å². The minimum Gasteiger partial charge on any atom is -0.469 e. The van der Waals surface area contributed by atoms with Crippen molar-refractivity contribution in [2.75, 3.05) is 7.11 Å². The Hall–Kier alpha value is -0.790. The first-order valence-corrected chi connectivity index (χ1v) is 5.99. The Morgan fingerprint density at radius 2 is 1.67 bits per heavy atom. The summed E-state index contributed by atoms with van der Waals surface area (Å²) in [4.78, 5) is 10.8. The minimum atomic E-state index is -0.0805. The number of rotatable bonds is 9. The average molecular weight is 212 g/mol. The quantitative estimate of drug-likeness (QED) is 0.329. The lowest BCUT2D eigenvalue weighted by molar-refractivity contribution is -0.140. The SMILES string of the molecule is CC=CCCCCCCCCC(=O)OC. The molecule has 15 heavy (non-hydrogen) atoms. The highest BCUT2D eigenvalue weighted by Gasteiger charge is 1.98. The third-order valence-electron chi connectivity index (χ3n) is 2.47. The first kappa shape index (κ1) is 14.2. The molecule has 2 heteroatoms. The van der Waals surface area contributed by atoms with Crippen LogP contribution in [0.15, 0.2) is 12.2 Å². The third-order valence-corrected chi connectivity index (χ3v) is 2.47. The predicted molar refractivity (Wildman–Crippen MR) is 63.8 cm³/mol. The largest absolute Gasteiger partial charge is 0.469 e. The molecule has 0 amide bonds. The van der Waals surface area contributed by atoms with Gasteiger partial charge in [-0.2, -0.15) is 0 Å². The van der Waals surface area contributed by atoms with Gasteiger partial charge in [0.15, 0.2) is 0 Å². The topological polar surface area (TPSA) is 26.3 Å². The highest BCUT2D eigenvalue weighted by atomic mass is 16.5. The van der Waals surface area contributed by atoms with Gasteiger partial charge in [-0.15, -0.1) is 0 Å². The molecule has 2 nitrogen and oxygen atoms in total. The second-order valence-electron chi connectivity index (χ2n) is 3.81. The van der Waals surface area contributed by atoms with Gasteiger partial charge < -0.3 is 4.74 Å². The minimum absolute atomic E-state index is 0.0805. The van der Waals surface area contributed by atoms with Crippen molar-refractivity contribution < 1.29 is 9.53 Å². The van der Waals surface area contributed by atoms with E-state index in [1.807, 2.05) is 0 Å². The first-order valence-electron chi connectivity index (χ1n) is 5.99. The molecule has 0 saturated heterocycles. The van der Waals surface area contributed by atoms with Crippen molar-refractivity contribution in [2.24, 2.45) is 0 Å². The summed E-state index contributed by atoms with van der Waals surface area (Å²) in [5.74, 6) is -0.0805. The zero-order valence-corrected chi connectivity index (χ0v) is 10.1. The molecule has 0 N–H and O–H groups in total. The number of hydrogen-bond donors (Lipinski definition) is 0. The summed E-state index contributed by atoms with van der Waals surface area (Å²) in [6.45, 7) is 2.06. The average Bonchev–Trinajstić information content (AvgIpc) is 2.26. The van der Waals surface area contributed by atoms with Crippen molar-refractivity contribution >= 4 is 5.97 Å². The molecule has 88 valence electrons. The lowest BCUT2D eigenvalue weighted by atomic mass is 10.1. The number of hydrogen-bond acceptors (Lipinski definition) is 2. The lowest BCUT2D eigenvalue weighted by Crippen LogP contribution is -1.99. The molecule has 0 aliphatic heterocycles. The molecule has 0 heterocycles. The smallest absolute Gasteiger partial charge is 0.305 e. The van der Waals surface area contributed by atoms with Crippen molar-refractivity contribution in [1.29, 1.82) is 0 Å². The number of carbonyl (C=O) groups excluding carboxylic acids is 1. The fourth-order valence-corrected chi connectivity index (χ4v) is 1.51. The van der Waals surface area contributed by atoms with Crippen LogP contribution in [0, 0.1) is 0 Å².